The standard InChI is InChI=1S/C14H25N3O3/c1-11(18)16-9-12-10-17(7-8-20-12)13(19)14(15)5-3-2-4-6-14/h12H,2-10,15H2,1H3,(H,16,18)/t12-/m0/s1. The van der Waals surface area contributed by atoms with Crippen molar-refractivity contribution in [3.05, 3.63) is 0 Å². The van der Waals surface area contributed by atoms with Crippen molar-refractivity contribution in [2.24, 2.45) is 5.73 Å². The average molecular weight is 283 g/mol. The molecular formula is C14H25N3O3. The van der Waals surface area contributed by atoms with Crippen molar-refractivity contribution in [3.63, 3.8) is 0 Å². The van der Waals surface area contributed by atoms with Crippen molar-refractivity contribution >= 4 is 11.8 Å². The van der Waals surface area contributed by atoms with Crippen molar-refractivity contribution in [2.45, 2.75) is 50.7 Å². The zero-order chi connectivity index (χ0) is 14.6. The SMILES string of the molecule is CC(=O)NC[C@H]1CN(C(=O)C2(N)CCCCC2)CCO1. The molecule has 114 valence electrons. The van der Waals surface area contributed by atoms with Crippen LogP contribution in [0.25, 0.3) is 0 Å². The summed E-state index contributed by atoms with van der Waals surface area (Å²) in [5.41, 5.74) is 5.61. The van der Waals surface area contributed by atoms with E-state index in [0.717, 1.165) is 25.7 Å². The van der Waals surface area contributed by atoms with Crippen molar-refractivity contribution in [1.82, 2.24) is 10.2 Å². The molecule has 0 spiro atoms. The third kappa shape index (κ3) is 3.70. The molecule has 1 atom stereocenters. The van der Waals surface area contributed by atoms with Gasteiger partial charge in [-0.05, 0) is 12.8 Å². The summed E-state index contributed by atoms with van der Waals surface area (Å²) in [6.45, 7) is 3.53. The number of morpholine rings is 1. The molecule has 1 aliphatic heterocycles. The van der Waals surface area contributed by atoms with Crippen molar-refractivity contribution < 1.29 is 14.3 Å². The molecule has 1 heterocycles. The molecule has 0 aromatic rings. The molecule has 0 aromatic carbocycles. The summed E-state index contributed by atoms with van der Waals surface area (Å²) in [6.07, 6.45) is 4.65. The maximum Gasteiger partial charge on any atom is 0.242 e. The van der Waals surface area contributed by atoms with E-state index < -0.39 is 5.54 Å². The van der Waals surface area contributed by atoms with Crippen LogP contribution in [0.15, 0.2) is 0 Å². The second-order valence-corrected chi connectivity index (χ2v) is 5.90. The van der Waals surface area contributed by atoms with Crippen LogP contribution in [-0.2, 0) is 14.3 Å². The first-order chi connectivity index (χ1) is 9.51. The molecule has 0 radical (unpaired) electrons. The number of ether oxygens (including phenoxy) is 1. The van der Waals surface area contributed by atoms with E-state index in [9.17, 15) is 9.59 Å². The Morgan fingerprint density at radius 3 is 2.70 bits per heavy atom. The number of hydrogen-bond acceptors (Lipinski definition) is 4. The van der Waals surface area contributed by atoms with Crippen LogP contribution < -0.4 is 11.1 Å². The smallest absolute Gasteiger partial charge is 0.242 e. The first kappa shape index (κ1) is 15.3. The van der Waals surface area contributed by atoms with Gasteiger partial charge in [-0.2, -0.15) is 0 Å². The van der Waals surface area contributed by atoms with Gasteiger partial charge in [0.05, 0.1) is 18.2 Å². The molecular weight excluding hydrogens is 258 g/mol. The highest BCUT2D eigenvalue weighted by Gasteiger charge is 2.39. The predicted octanol–water partition coefficient (Wildman–Crippen LogP) is 0.0115. The minimum absolute atomic E-state index is 0.0494. The van der Waals surface area contributed by atoms with Gasteiger partial charge in [0.15, 0.2) is 0 Å². The lowest BCUT2D eigenvalue weighted by Gasteiger charge is -2.40. The number of nitrogens with zero attached hydrogens (tertiary/aromatic N) is 1. The maximum atomic E-state index is 12.6. The van der Waals surface area contributed by atoms with E-state index >= 15 is 0 Å². The Kier molecular flexibility index (Phi) is 4.99. The van der Waals surface area contributed by atoms with Crippen LogP contribution in [0, 0.1) is 0 Å². The highest BCUT2D eigenvalue weighted by atomic mass is 16.5. The van der Waals surface area contributed by atoms with Crippen LogP contribution >= 0.6 is 0 Å². The molecule has 1 aliphatic carbocycles. The summed E-state index contributed by atoms with van der Waals surface area (Å²) < 4.78 is 5.58. The van der Waals surface area contributed by atoms with Crippen molar-refractivity contribution in [1.29, 1.82) is 0 Å². The van der Waals surface area contributed by atoms with Gasteiger partial charge in [0, 0.05) is 26.6 Å². The van der Waals surface area contributed by atoms with E-state index in [1.165, 1.54) is 13.3 Å². The van der Waals surface area contributed by atoms with Gasteiger partial charge in [-0.3, -0.25) is 9.59 Å². The van der Waals surface area contributed by atoms with Gasteiger partial charge in [-0.1, -0.05) is 19.3 Å². The zero-order valence-corrected chi connectivity index (χ0v) is 12.2. The zero-order valence-electron chi connectivity index (χ0n) is 12.2. The minimum Gasteiger partial charge on any atom is -0.373 e. The Morgan fingerprint density at radius 1 is 1.35 bits per heavy atom. The normalized spacial score (nSPS) is 26.1. The molecule has 20 heavy (non-hydrogen) atoms. The van der Waals surface area contributed by atoms with Crippen LogP contribution in [-0.4, -0.2) is 54.6 Å². The van der Waals surface area contributed by atoms with Crippen LogP contribution in [0.5, 0.6) is 0 Å². The van der Waals surface area contributed by atoms with Gasteiger partial charge in [-0.15, -0.1) is 0 Å². The molecule has 0 aromatic heterocycles. The number of carbonyl (C=O) groups is 2. The summed E-state index contributed by atoms with van der Waals surface area (Å²) in [6, 6.07) is 0. The third-order valence-corrected chi connectivity index (χ3v) is 4.18. The molecule has 0 bridgehead atoms. The maximum absolute atomic E-state index is 12.6. The fraction of sp³-hybridized carbons (Fsp3) is 0.857. The molecule has 2 amide bonds. The molecule has 3 N–H and O–H groups in total. The third-order valence-electron chi connectivity index (χ3n) is 4.18. The molecule has 2 fully saturated rings. The fourth-order valence-corrected chi connectivity index (χ4v) is 3.00. The predicted molar refractivity (Wildman–Crippen MR) is 75.0 cm³/mol. The topological polar surface area (TPSA) is 84.7 Å². The van der Waals surface area contributed by atoms with E-state index in [4.69, 9.17) is 10.5 Å². The molecule has 1 saturated heterocycles. The first-order valence-corrected chi connectivity index (χ1v) is 7.45. The largest absolute Gasteiger partial charge is 0.373 e. The number of rotatable bonds is 3. The van der Waals surface area contributed by atoms with Crippen LogP contribution in [0.4, 0.5) is 0 Å². The number of hydrogen-bond donors (Lipinski definition) is 2. The summed E-state index contributed by atoms with van der Waals surface area (Å²) >= 11 is 0. The molecule has 2 aliphatic rings. The first-order valence-electron chi connectivity index (χ1n) is 7.45. The molecule has 6 heteroatoms. The molecule has 1 saturated carbocycles. The van der Waals surface area contributed by atoms with E-state index in [0.29, 0.717) is 26.2 Å². The van der Waals surface area contributed by atoms with Gasteiger partial charge in [-0.25, -0.2) is 0 Å². The molecule has 2 rings (SSSR count). The monoisotopic (exact) mass is 283 g/mol. The van der Waals surface area contributed by atoms with E-state index in [2.05, 4.69) is 5.32 Å². The Balaban J connectivity index is 1.90. The van der Waals surface area contributed by atoms with Crippen LogP contribution in [0.2, 0.25) is 0 Å². The highest BCUT2D eigenvalue weighted by molar-refractivity contribution is 5.86. The summed E-state index contributed by atoms with van der Waals surface area (Å²) in [7, 11) is 0. The van der Waals surface area contributed by atoms with Crippen molar-refractivity contribution in [2.75, 3.05) is 26.2 Å². The highest BCUT2D eigenvalue weighted by Crippen LogP contribution is 2.28. The lowest BCUT2D eigenvalue weighted by molar-refractivity contribution is -0.145. The molecule has 0 unspecified atom stereocenters. The Bertz CT molecular complexity index is 367. The van der Waals surface area contributed by atoms with Gasteiger partial charge in [0.2, 0.25) is 11.8 Å². The molecule has 6 nitrogen and oxygen atoms in total. The van der Waals surface area contributed by atoms with Gasteiger partial charge in [0.25, 0.3) is 0 Å². The van der Waals surface area contributed by atoms with E-state index in [1.54, 1.807) is 4.90 Å². The van der Waals surface area contributed by atoms with E-state index in [1.807, 2.05) is 0 Å². The van der Waals surface area contributed by atoms with Crippen LogP contribution in [0.1, 0.15) is 39.0 Å². The number of amides is 2. The van der Waals surface area contributed by atoms with Gasteiger partial charge < -0.3 is 20.7 Å². The fourth-order valence-electron chi connectivity index (χ4n) is 3.00. The average Bonchev–Trinajstić information content (AvgIpc) is 2.45. The minimum atomic E-state index is -0.686. The van der Waals surface area contributed by atoms with Crippen LogP contribution in [0.3, 0.4) is 0 Å². The Hall–Kier alpha value is -1.14. The number of carbonyl (C=O) groups excluding carboxylic acids is 2. The van der Waals surface area contributed by atoms with Gasteiger partial charge in [0.1, 0.15) is 0 Å². The van der Waals surface area contributed by atoms with E-state index in [-0.39, 0.29) is 17.9 Å². The summed E-state index contributed by atoms with van der Waals surface area (Å²) in [5, 5.41) is 2.73. The Morgan fingerprint density at radius 2 is 2.05 bits per heavy atom. The second kappa shape index (κ2) is 6.54. The number of nitrogens with two attached hydrogens (primary N) is 1. The number of nitrogens with one attached hydrogen (secondary N) is 1. The summed E-state index contributed by atoms with van der Waals surface area (Å²) in [4.78, 5) is 25.4. The lowest BCUT2D eigenvalue weighted by Crippen LogP contribution is -2.60. The summed E-state index contributed by atoms with van der Waals surface area (Å²) in [5.74, 6) is -0.0343. The lowest BCUT2D eigenvalue weighted by atomic mass is 9.81. The quantitative estimate of drug-likeness (QED) is 0.764. The second-order valence-electron chi connectivity index (χ2n) is 5.90. The van der Waals surface area contributed by atoms with Gasteiger partial charge >= 0.3 is 0 Å². The Labute approximate surface area is 120 Å². The van der Waals surface area contributed by atoms with Crippen molar-refractivity contribution in [3.8, 4) is 0 Å².